The summed E-state index contributed by atoms with van der Waals surface area (Å²) in [6.07, 6.45) is 6.52. The molecule has 1 aromatic carbocycles. The zero-order valence-corrected chi connectivity index (χ0v) is 17.1. The second-order valence-corrected chi connectivity index (χ2v) is 8.13. The second-order valence-electron chi connectivity index (χ2n) is 8.13. The van der Waals surface area contributed by atoms with E-state index in [-0.39, 0.29) is 24.4 Å². The van der Waals surface area contributed by atoms with Crippen LogP contribution in [-0.4, -0.2) is 29.4 Å². The third kappa shape index (κ3) is 4.33. The molecule has 5 heteroatoms. The van der Waals surface area contributed by atoms with Crippen LogP contribution in [0.15, 0.2) is 34.7 Å². The number of piperidine rings is 1. The van der Waals surface area contributed by atoms with E-state index in [0.717, 1.165) is 42.5 Å². The average Bonchev–Trinajstić information content (AvgIpc) is 3.22. The van der Waals surface area contributed by atoms with Crippen LogP contribution in [0.3, 0.4) is 0 Å². The van der Waals surface area contributed by atoms with Crippen molar-refractivity contribution in [3.8, 4) is 0 Å². The highest BCUT2D eigenvalue weighted by Gasteiger charge is 2.35. The summed E-state index contributed by atoms with van der Waals surface area (Å²) in [5.41, 5.74) is 0.896. The predicted molar refractivity (Wildman–Crippen MR) is 111 cm³/mol. The van der Waals surface area contributed by atoms with Crippen molar-refractivity contribution in [1.29, 1.82) is 0 Å². The van der Waals surface area contributed by atoms with E-state index in [9.17, 15) is 4.79 Å². The normalized spacial score (nSPS) is 25.2. The molecule has 2 fully saturated rings. The first-order valence-corrected chi connectivity index (χ1v) is 10.2. The largest absolute Gasteiger partial charge is 0.459 e. The summed E-state index contributed by atoms with van der Waals surface area (Å²) in [7, 11) is 0. The molecule has 0 aliphatic carbocycles. The maximum atomic E-state index is 13.1. The quantitative estimate of drug-likeness (QED) is 0.748. The van der Waals surface area contributed by atoms with Crippen molar-refractivity contribution in [3.63, 3.8) is 0 Å². The minimum atomic E-state index is -0.0201. The number of benzene rings is 1. The third-order valence-corrected chi connectivity index (χ3v) is 6.14. The molecular weight excluding hydrogens is 360 g/mol. The highest BCUT2D eigenvalue weighted by Crippen LogP contribution is 2.34. The van der Waals surface area contributed by atoms with E-state index in [2.05, 4.69) is 31.3 Å². The Kier molecular flexibility index (Phi) is 6.48. The summed E-state index contributed by atoms with van der Waals surface area (Å²) < 4.78 is 6.04. The Morgan fingerprint density at radius 3 is 2.63 bits per heavy atom. The van der Waals surface area contributed by atoms with Gasteiger partial charge in [-0.25, -0.2) is 0 Å². The molecule has 4 rings (SSSR count). The molecule has 2 aromatic rings. The van der Waals surface area contributed by atoms with Gasteiger partial charge in [0.1, 0.15) is 11.3 Å². The van der Waals surface area contributed by atoms with E-state index in [1.165, 1.54) is 12.8 Å². The summed E-state index contributed by atoms with van der Waals surface area (Å²) in [5.74, 6) is 1.70. The van der Waals surface area contributed by atoms with Crippen LogP contribution >= 0.6 is 12.4 Å². The minimum Gasteiger partial charge on any atom is -0.459 e. The number of fused-ring (bicyclic) bond motifs is 3. The number of nitrogens with one attached hydrogen (secondary N) is 1. The summed E-state index contributed by atoms with van der Waals surface area (Å²) in [4.78, 5) is 15.2. The molecule has 0 spiro atoms. The Morgan fingerprint density at radius 1 is 1.26 bits per heavy atom. The maximum absolute atomic E-state index is 13.1. The number of para-hydroxylation sites is 1. The van der Waals surface area contributed by atoms with Crippen molar-refractivity contribution in [2.45, 2.75) is 70.5 Å². The van der Waals surface area contributed by atoms with Gasteiger partial charge in [-0.05, 0) is 57.1 Å². The lowest BCUT2D eigenvalue weighted by molar-refractivity contribution is -0.135. The first-order chi connectivity index (χ1) is 12.6. The molecule has 2 saturated heterocycles. The number of carbonyl (C=O) groups is 1. The van der Waals surface area contributed by atoms with E-state index in [1.807, 2.05) is 23.1 Å². The van der Waals surface area contributed by atoms with Gasteiger partial charge in [-0.1, -0.05) is 25.1 Å². The van der Waals surface area contributed by atoms with Gasteiger partial charge in [0.15, 0.2) is 0 Å². The summed E-state index contributed by atoms with van der Waals surface area (Å²) >= 11 is 0. The number of nitrogens with zero attached hydrogens (tertiary/aromatic N) is 1. The fourth-order valence-electron chi connectivity index (χ4n) is 4.84. The van der Waals surface area contributed by atoms with Crippen LogP contribution < -0.4 is 5.32 Å². The molecule has 1 aromatic heterocycles. The fourth-order valence-corrected chi connectivity index (χ4v) is 4.84. The second kappa shape index (κ2) is 8.66. The van der Waals surface area contributed by atoms with Gasteiger partial charge in [0, 0.05) is 30.4 Å². The Labute approximate surface area is 168 Å². The van der Waals surface area contributed by atoms with Crippen LogP contribution in [0, 0.1) is 5.92 Å². The third-order valence-electron chi connectivity index (χ3n) is 6.14. The summed E-state index contributed by atoms with van der Waals surface area (Å²) in [5, 5.41) is 4.78. The first kappa shape index (κ1) is 20.2. The van der Waals surface area contributed by atoms with Crippen molar-refractivity contribution < 1.29 is 9.21 Å². The topological polar surface area (TPSA) is 45.5 Å². The van der Waals surface area contributed by atoms with Gasteiger partial charge in [0.05, 0.1) is 6.04 Å². The van der Waals surface area contributed by atoms with Crippen LogP contribution in [0.4, 0.5) is 0 Å². The molecule has 148 valence electrons. The highest BCUT2D eigenvalue weighted by atomic mass is 35.5. The molecule has 3 heterocycles. The van der Waals surface area contributed by atoms with Gasteiger partial charge >= 0.3 is 0 Å². The molecule has 27 heavy (non-hydrogen) atoms. The lowest BCUT2D eigenvalue weighted by Gasteiger charge is -2.32. The average molecular weight is 391 g/mol. The monoisotopic (exact) mass is 390 g/mol. The van der Waals surface area contributed by atoms with Gasteiger partial charge in [-0.2, -0.15) is 0 Å². The molecule has 3 atom stereocenters. The van der Waals surface area contributed by atoms with E-state index in [0.29, 0.717) is 24.4 Å². The molecule has 0 radical (unpaired) electrons. The molecule has 3 unspecified atom stereocenters. The Balaban J connectivity index is 0.00000210. The van der Waals surface area contributed by atoms with Crippen LogP contribution in [-0.2, 0) is 4.79 Å². The van der Waals surface area contributed by atoms with Gasteiger partial charge in [0.25, 0.3) is 0 Å². The van der Waals surface area contributed by atoms with Crippen molar-refractivity contribution in [3.05, 3.63) is 36.1 Å². The van der Waals surface area contributed by atoms with Gasteiger partial charge in [-0.3, -0.25) is 4.79 Å². The summed E-state index contributed by atoms with van der Waals surface area (Å²) in [6.45, 7) is 5.02. The van der Waals surface area contributed by atoms with Crippen LogP contribution in [0.5, 0.6) is 0 Å². The lowest BCUT2D eigenvalue weighted by Crippen LogP contribution is -2.41. The molecule has 2 aliphatic rings. The van der Waals surface area contributed by atoms with E-state index in [1.54, 1.807) is 0 Å². The lowest BCUT2D eigenvalue weighted by atomic mass is 9.89. The number of amides is 1. The van der Waals surface area contributed by atoms with Crippen molar-refractivity contribution in [2.24, 2.45) is 5.92 Å². The molecule has 0 saturated carbocycles. The molecule has 4 nitrogen and oxygen atoms in total. The number of carbonyl (C=O) groups excluding carboxylic acids is 1. The number of furan rings is 1. The minimum absolute atomic E-state index is 0. The zero-order valence-electron chi connectivity index (χ0n) is 16.3. The number of hydrogen-bond donors (Lipinski definition) is 1. The number of rotatable bonds is 6. The van der Waals surface area contributed by atoms with Crippen molar-refractivity contribution in [2.75, 3.05) is 6.54 Å². The number of halogens is 1. The molecule has 2 bridgehead atoms. The first-order valence-electron chi connectivity index (χ1n) is 10.2. The highest BCUT2D eigenvalue weighted by molar-refractivity contribution is 5.85. The maximum Gasteiger partial charge on any atom is 0.223 e. The fraction of sp³-hybridized carbons (Fsp3) is 0.591. The van der Waals surface area contributed by atoms with Crippen molar-refractivity contribution in [1.82, 2.24) is 10.2 Å². The van der Waals surface area contributed by atoms with Crippen LogP contribution in [0.25, 0.3) is 11.0 Å². The Hall–Kier alpha value is -1.52. The van der Waals surface area contributed by atoms with Gasteiger partial charge < -0.3 is 14.6 Å². The Bertz CT molecular complexity index is 730. The molecule has 1 N–H and O–H groups in total. The molecular formula is C22H31ClN2O2. The summed E-state index contributed by atoms with van der Waals surface area (Å²) in [6, 6.07) is 11.4. The van der Waals surface area contributed by atoms with E-state index < -0.39 is 0 Å². The Morgan fingerprint density at radius 2 is 1.96 bits per heavy atom. The number of hydrogen-bond acceptors (Lipinski definition) is 3. The van der Waals surface area contributed by atoms with E-state index in [4.69, 9.17) is 4.42 Å². The van der Waals surface area contributed by atoms with Crippen molar-refractivity contribution >= 4 is 29.3 Å². The van der Waals surface area contributed by atoms with E-state index >= 15 is 0 Å². The van der Waals surface area contributed by atoms with Crippen LogP contribution in [0.1, 0.15) is 64.2 Å². The molecule has 1 amide bonds. The van der Waals surface area contributed by atoms with Gasteiger partial charge in [0.2, 0.25) is 5.91 Å². The molecule has 2 aliphatic heterocycles. The smallest absolute Gasteiger partial charge is 0.223 e. The zero-order chi connectivity index (χ0) is 18.1. The predicted octanol–water partition coefficient (Wildman–Crippen LogP) is 5.07. The van der Waals surface area contributed by atoms with Crippen LogP contribution in [0.2, 0.25) is 0 Å². The van der Waals surface area contributed by atoms with Gasteiger partial charge in [-0.15, -0.1) is 12.4 Å². The SMILES string of the molecule is CCCN(C(=O)CC1CC2CCC(C1)N2)C(C)c1cc2ccccc2o1.Cl. The standard InChI is InChI=1S/C22H30N2O2.ClH/c1-3-10-24(15(2)21-14-17-6-4-5-7-20(17)26-21)22(25)13-16-11-18-8-9-19(12-16)23-18;/h4-7,14-16,18-19,23H,3,8-13H2,1-2H3;1H.